The number of hydrogen-bond acceptors (Lipinski definition) is 4. The fourth-order valence-corrected chi connectivity index (χ4v) is 4.18. The minimum Gasteiger partial charge on any atom is -0.497 e. The average molecular weight is 391 g/mol. The number of amides is 2. The summed E-state index contributed by atoms with van der Waals surface area (Å²) in [6.45, 7) is -0.0180. The molecule has 2 amide bonds. The highest BCUT2D eigenvalue weighted by atomic mass is 16.5. The second-order valence-electron chi connectivity index (χ2n) is 7.54. The topological polar surface area (TPSA) is 71.0 Å². The van der Waals surface area contributed by atoms with E-state index in [0.29, 0.717) is 17.1 Å². The fourth-order valence-electron chi connectivity index (χ4n) is 4.18. The Kier molecular flexibility index (Phi) is 5.34. The lowest BCUT2D eigenvalue weighted by Gasteiger charge is -2.38. The van der Waals surface area contributed by atoms with Gasteiger partial charge in [-0.15, -0.1) is 0 Å². The molecule has 0 saturated heterocycles. The van der Waals surface area contributed by atoms with Gasteiger partial charge >= 0.3 is 0 Å². The van der Waals surface area contributed by atoms with Gasteiger partial charge in [-0.25, -0.2) is 0 Å². The molecule has 0 bridgehead atoms. The third kappa shape index (κ3) is 3.88. The summed E-state index contributed by atoms with van der Waals surface area (Å²) < 4.78 is 5.21. The Morgan fingerprint density at radius 1 is 1.10 bits per heavy atom. The molecule has 1 aliphatic heterocycles. The van der Waals surface area contributed by atoms with E-state index in [1.807, 2.05) is 42.5 Å². The molecule has 6 nitrogen and oxygen atoms in total. The van der Waals surface area contributed by atoms with Crippen LogP contribution in [0.4, 0.5) is 5.69 Å². The number of ether oxygens (including phenoxy) is 1. The molecule has 2 aliphatic rings. The van der Waals surface area contributed by atoms with Gasteiger partial charge in [0, 0.05) is 17.3 Å². The van der Waals surface area contributed by atoms with Gasteiger partial charge in [-0.2, -0.15) is 0 Å². The summed E-state index contributed by atoms with van der Waals surface area (Å²) in [7, 11) is 1.58. The molecular formula is C23H25N3O3. The molecule has 0 radical (unpaired) electrons. The zero-order valence-corrected chi connectivity index (χ0v) is 16.6. The molecule has 2 aromatic carbocycles. The average Bonchev–Trinajstić information content (AvgIpc) is 3.01. The van der Waals surface area contributed by atoms with Crippen molar-refractivity contribution in [2.24, 2.45) is 4.99 Å². The normalized spacial score (nSPS) is 17.9. The summed E-state index contributed by atoms with van der Waals surface area (Å²) >= 11 is 0. The summed E-state index contributed by atoms with van der Waals surface area (Å²) in [6.07, 6.45) is 4.73. The van der Waals surface area contributed by atoms with Crippen LogP contribution in [-0.2, 0) is 9.59 Å². The summed E-state index contributed by atoms with van der Waals surface area (Å²) in [6, 6.07) is 16.7. The van der Waals surface area contributed by atoms with Crippen molar-refractivity contribution in [3.05, 3.63) is 60.2 Å². The van der Waals surface area contributed by atoms with E-state index >= 15 is 0 Å². The lowest BCUT2D eigenvalue weighted by atomic mass is 9.88. The van der Waals surface area contributed by atoms with Gasteiger partial charge < -0.3 is 15.0 Å². The Labute approximate surface area is 170 Å². The molecule has 1 aliphatic carbocycles. The van der Waals surface area contributed by atoms with Crippen molar-refractivity contribution in [1.82, 2.24) is 4.90 Å². The fraction of sp³-hybridized carbons (Fsp3) is 0.348. The molecule has 0 aromatic heterocycles. The van der Waals surface area contributed by atoms with Gasteiger partial charge in [-0.3, -0.25) is 14.6 Å². The summed E-state index contributed by atoms with van der Waals surface area (Å²) in [5, 5.41) is 2.88. The van der Waals surface area contributed by atoms with Crippen LogP contribution in [0.15, 0.2) is 59.6 Å². The van der Waals surface area contributed by atoms with Gasteiger partial charge in [0.15, 0.2) is 0 Å². The van der Waals surface area contributed by atoms with Crippen molar-refractivity contribution < 1.29 is 14.3 Å². The Hall–Kier alpha value is -3.15. The quantitative estimate of drug-likeness (QED) is 0.846. The molecule has 2 aromatic rings. The second kappa shape index (κ2) is 8.07. The van der Waals surface area contributed by atoms with Crippen LogP contribution in [0.2, 0.25) is 0 Å². The first-order valence-electron chi connectivity index (χ1n) is 10.0. The zero-order valence-electron chi connectivity index (χ0n) is 16.6. The number of methoxy groups -OCH3 is 1. The van der Waals surface area contributed by atoms with Crippen LogP contribution in [-0.4, -0.2) is 41.7 Å². The summed E-state index contributed by atoms with van der Waals surface area (Å²) in [5.41, 5.74) is 1.30. The van der Waals surface area contributed by atoms with Crippen LogP contribution in [0.3, 0.4) is 0 Å². The molecule has 0 unspecified atom stereocenters. The number of carbonyl (C=O) groups is 2. The molecule has 1 fully saturated rings. The van der Waals surface area contributed by atoms with Crippen molar-refractivity contribution in [3.63, 3.8) is 0 Å². The van der Waals surface area contributed by atoms with Crippen LogP contribution < -0.4 is 10.1 Å². The third-order valence-electron chi connectivity index (χ3n) is 5.63. The van der Waals surface area contributed by atoms with Gasteiger partial charge in [0.2, 0.25) is 5.91 Å². The first-order chi connectivity index (χ1) is 14.1. The first-order valence-corrected chi connectivity index (χ1v) is 10.0. The van der Waals surface area contributed by atoms with E-state index in [-0.39, 0.29) is 18.4 Å². The molecular weight excluding hydrogens is 366 g/mol. The van der Waals surface area contributed by atoms with E-state index in [1.54, 1.807) is 24.1 Å². The monoisotopic (exact) mass is 391 g/mol. The predicted molar refractivity (Wildman–Crippen MR) is 112 cm³/mol. The smallest absolute Gasteiger partial charge is 0.275 e. The van der Waals surface area contributed by atoms with E-state index in [9.17, 15) is 9.59 Å². The molecule has 1 spiro atoms. The first kappa shape index (κ1) is 19.2. The number of nitrogens with one attached hydrogen (secondary N) is 1. The number of carbonyl (C=O) groups excluding carboxylic acids is 2. The van der Waals surface area contributed by atoms with Crippen LogP contribution in [0.5, 0.6) is 5.75 Å². The third-order valence-corrected chi connectivity index (χ3v) is 5.63. The lowest BCUT2D eigenvalue weighted by Crippen LogP contribution is -2.51. The van der Waals surface area contributed by atoms with Crippen LogP contribution in [0, 0.1) is 0 Å². The standard InChI is InChI=1S/C23H25N3O3/c1-29-19-12-8-11-18(15-19)24-20(27)16-26-22(28)21(17-9-4-2-5-10-17)25-23(26)13-6-3-7-14-23/h2,4-5,8-12,15H,3,6-7,13-14,16H2,1H3,(H,24,27). The maximum atomic E-state index is 13.3. The highest BCUT2D eigenvalue weighted by molar-refractivity contribution is 6.47. The van der Waals surface area contributed by atoms with Crippen molar-refractivity contribution >= 4 is 23.2 Å². The minimum atomic E-state index is -0.605. The number of rotatable bonds is 5. The SMILES string of the molecule is COc1cccc(NC(=O)CN2C(=O)C(c3ccccc3)=NC23CCCCC3)c1. The van der Waals surface area contributed by atoms with Crippen molar-refractivity contribution in [1.29, 1.82) is 0 Å². The number of aliphatic imine (C=N–C) groups is 1. The van der Waals surface area contributed by atoms with E-state index in [2.05, 4.69) is 5.32 Å². The van der Waals surface area contributed by atoms with E-state index in [0.717, 1.165) is 37.7 Å². The van der Waals surface area contributed by atoms with Gasteiger partial charge in [0.05, 0.1) is 7.11 Å². The van der Waals surface area contributed by atoms with Gasteiger partial charge in [0.1, 0.15) is 23.7 Å². The maximum absolute atomic E-state index is 13.3. The van der Waals surface area contributed by atoms with Gasteiger partial charge in [-0.05, 0) is 37.8 Å². The zero-order chi connectivity index (χ0) is 20.3. The van der Waals surface area contributed by atoms with E-state index in [4.69, 9.17) is 9.73 Å². The highest BCUT2D eigenvalue weighted by Gasteiger charge is 2.48. The number of hydrogen-bond donors (Lipinski definition) is 1. The van der Waals surface area contributed by atoms with Gasteiger partial charge in [-0.1, -0.05) is 42.8 Å². The molecule has 1 N–H and O–H groups in total. The Balaban J connectivity index is 1.56. The Morgan fingerprint density at radius 2 is 1.86 bits per heavy atom. The van der Waals surface area contributed by atoms with Crippen LogP contribution in [0.25, 0.3) is 0 Å². The largest absolute Gasteiger partial charge is 0.497 e. The van der Waals surface area contributed by atoms with E-state index in [1.165, 1.54) is 0 Å². The Morgan fingerprint density at radius 3 is 2.59 bits per heavy atom. The summed E-state index contributed by atoms with van der Waals surface area (Å²) in [5.74, 6) is 0.262. The molecule has 1 saturated carbocycles. The van der Waals surface area contributed by atoms with Gasteiger partial charge in [0.25, 0.3) is 5.91 Å². The molecule has 1 heterocycles. The van der Waals surface area contributed by atoms with Crippen molar-refractivity contribution in [3.8, 4) is 5.75 Å². The van der Waals surface area contributed by atoms with Crippen molar-refractivity contribution in [2.45, 2.75) is 37.8 Å². The van der Waals surface area contributed by atoms with E-state index < -0.39 is 5.66 Å². The molecule has 0 atom stereocenters. The number of nitrogens with zero attached hydrogens (tertiary/aromatic N) is 2. The van der Waals surface area contributed by atoms with Crippen LogP contribution in [0.1, 0.15) is 37.7 Å². The predicted octanol–water partition coefficient (Wildman–Crippen LogP) is 3.63. The molecule has 4 rings (SSSR count). The minimum absolute atomic E-state index is 0.0180. The summed E-state index contributed by atoms with van der Waals surface area (Å²) in [4.78, 5) is 32.6. The number of benzene rings is 2. The number of anilines is 1. The molecule has 150 valence electrons. The highest BCUT2D eigenvalue weighted by Crippen LogP contribution is 2.39. The Bertz CT molecular complexity index is 933. The van der Waals surface area contributed by atoms with Crippen LogP contribution >= 0.6 is 0 Å². The molecule has 6 heteroatoms. The van der Waals surface area contributed by atoms with Crippen molar-refractivity contribution in [2.75, 3.05) is 19.0 Å². The molecule has 29 heavy (non-hydrogen) atoms. The lowest BCUT2D eigenvalue weighted by molar-refractivity contribution is -0.134. The maximum Gasteiger partial charge on any atom is 0.275 e. The second-order valence-corrected chi connectivity index (χ2v) is 7.54.